The van der Waals surface area contributed by atoms with Gasteiger partial charge in [0.2, 0.25) is 0 Å². The summed E-state index contributed by atoms with van der Waals surface area (Å²) in [7, 11) is 0. The highest BCUT2D eigenvalue weighted by molar-refractivity contribution is 6.42. The lowest BCUT2D eigenvalue weighted by Crippen LogP contribution is -2.39. The molecule has 5 nitrogen and oxygen atoms in total. The summed E-state index contributed by atoms with van der Waals surface area (Å²) in [5.74, 6) is -1.18. The zero-order chi connectivity index (χ0) is 12.3. The number of hydrogen-bond acceptors (Lipinski definition) is 2. The van der Waals surface area contributed by atoms with Gasteiger partial charge in [0.15, 0.2) is 0 Å². The number of urea groups is 1. The van der Waals surface area contributed by atoms with Crippen molar-refractivity contribution in [3.8, 4) is 0 Å². The van der Waals surface area contributed by atoms with Gasteiger partial charge in [-0.2, -0.15) is 0 Å². The van der Waals surface area contributed by atoms with E-state index in [1.807, 2.05) is 0 Å². The minimum atomic E-state index is -1.18. The first-order valence-electron chi connectivity index (χ1n) is 4.15. The SMILES string of the molecule is NC(=O)N(CC(=O)O)c1ccc(Cl)c(Cl)c1. The number of benzene rings is 1. The van der Waals surface area contributed by atoms with E-state index in [0.717, 1.165) is 4.90 Å². The largest absolute Gasteiger partial charge is 0.480 e. The van der Waals surface area contributed by atoms with Crippen LogP contribution in [0.15, 0.2) is 18.2 Å². The highest BCUT2D eigenvalue weighted by atomic mass is 35.5. The van der Waals surface area contributed by atoms with Crippen molar-refractivity contribution in [3.63, 3.8) is 0 Å². The first kappa shape index (κ1) is 12.6. The molecule has 0 saturated carbocycles. The Morgan fingerprint density at radius 1 is 1.31 bits per heavy atom. The quantitative estimate of drug-likeness (QED) is 0.874. The van der Waals surface area contributed by atoms with Crippen LogP contribution in [0.5, 0.6) is 0 Å². The van der Waals surface area contributed by atoms with E-state index in [4.69, 9.17) is 34.0 Å². The predicted molar refractivity (Wildman–Crippen MR) is 61.0 cm³/mol. The number of carboxylic acid groups (broad SMARTS) is 1. The molecule has 1 rings (SSSR count). The normalized spacial score (nSPS) is 9.88. The lowest BCUT2D eigenvalue weighted by molar-refractivity contribution is -0.135. The number of primary amides is 1. The molecule has 1 aromatic rings. The second-order valence-electron chi connectivity index (χ2n) is 2.92. The summed E-state index contributed by atoms with van der Waals surface area (Å²) in [6, 6.07) is 3.41. The van der Waals surface area contributed by atoms with Gasteiger partial charge in [-0.1, -0.05) is 23.2 Å². The van der Waals surface area contributed by atoms with Crippen molar-refractivity contribution in [2.45, 2.75) is 0 Å². The number of hydrogen-bond donors (Lipinski definition) is 2. The fourth-order valence-electron chi connectivity index (χ4n) is 1.08. The van der Waals surface area contributed by atoms with Crippen molar-refractivity contribution in [2.24, 2.45) is 5.73 Å². The Kier molecular flexibility index (Phi) is 3.98. The maximum atomic E-state index is 11.0. The Hall–Kier alpha value is -1.46. The van der Waals surface area contributed by atoms with Gasteiger partial charge in [0, 0.05) is 5.69 Å². The number of rotatable bonds is 3. The molecule has 0 bridgehead atoms. The van der Waals surface area contributed by atoms with E-state index in [9.17, 15) is 9.59 Å². The maximum absolute atomic E-state index is 11.0. The topological polar surface area (TPSA) is 83.6 Å². The van der Waals surface area contributed by atoms with Crippen LogP contribution in [0, 0.1) is 0 Å². The van der Waals surface area contributed by atoms with Crippen molar-refractivity contribution in [1.29, 1.82) is 0 Å². The van der Waals surface area contributed by atoms with Gasteiger partial charge in [0.05, 0.1) is 10.0 Å². The monoisotopic (exact) mass is 262 g/mol. The Balaban J connectivity index is 3.06. The summed E-state index contributed by atoms with van der Waals surface area (Å²) < 4.78 is 0. The van der Waals surface area contributed by atoms with E-state index in [-0.39, 0.29) is 10.7 Å². The van der Waals surface area contributed by atoms with Gasteiger partial charge in [-0.3, -0.25) is 9.69 Å². The number of carbonyl (C=O) groups is 2. The van der Waals surface area contributed by atoms with Crippen LogP contribution < -0.4 is 10.6 Å². The van der Waals surface area contributed by atoms with E-state index in [1.165, 1.54) is 18.2 Å². The van der Waals surface area contributed by atoms with Crippen LogP contribution >= 0.6 is 23.2 Å². The lowest BCUT2D eigenvalue weighted by atomic mass is 10.3. The fraction of sp³-hybridized carbons (Fsp3) is 0.111. The molecule has 0 aromatic heterocycles. The van der Waals surface area contributed by atoms with Gasteiger partial charge in [-0.05, 0) is 18.2 Å². The van der Waals surface area contributed by atoms with Crippen molar-refractivity contribution >= 4 is 40.9 Å². The van der Waals surface area contributed by atoms with Crippen LogP contribution in [-0.4, -0.2) is 23.7 Å². The average molecular weight is 263 g/mol. The highest BCUT2D eigenvalue weighted by Crippen LogP contribution is 2.27. The third kappa shape index (κ3) is 3.01. The van der Waals surface area contributed by atoms with E-state index in [0.29, 0.717) is 5.02 Å². The molecule has 0 spiro atoms. The summed E-state index contributed by atoms with van der Waals surface area (Å²) in [6.07, 6.45) is 0. The zero-order valence-electron chi connectivity index (χ0n) is 7.98. The van der Waals surface area contributed by atoms with E-state index < -0.39 is 18.5 Å². The minimum absolute atomic E-state index is 0.218. The average Bonchev–Trinajstić information content (AvgIpc) is 2.18. The molecule has 0 atom stereocenters. The molecule has 0 fully saturated rings. The molecule has 86 valence electrons. The fourth-order valence-corrected chi connectivity index (χ4v) is 1.38. The summed E-state index contributed by atoms with van der Waals surface area (Å²) in [5.41, 5.74) is 5.33. The molecule has 0 aliphatic heterocycles. The van der Waals surface area contributed by atoms with Crippen LogP contribution in [0.4, 0.5) is 10.5 Å². The summed E-state index contributed by atoms with van der Waals surface area (Å²) >= 11 is 11.4. The first-order chi connectivity index (χ1) is 7.41. The molecular formula is C9H8Cl2N2O3. The lowest BCUT2D eigenvalue weighted by Gasteiger charge is -2.18. The number of amides is 2. The Morgan fingerprint density at radius 3 is 2.38 bits per heavy atom. The number of carbonyl (C=O) groups excluding carboxylic acids is 1. The molecule has 0 aliphatic rings. The first-order valence-corrected chi connectivity index (χ1v) is 4.91. The second-order valence-corrected chi connectivity index (χ2v) is 3.73. The predicted octanol–water partition coefficient (Wildman–Crippen LogP) is 1.96. The van der Waals surface area contributed by atoms with Crippen LogP contribution in [0.3, 0.4) is 0 Å². The number of nitrogens with zero attached hydrogens (tertiary/aromatic N) is 1. The maximum Gasteiger partial charge on any atom is 0.323 e. The van der Waals surface area contributed by atoms with Crippen LogP contribution in [0.2, 0.25) is 10.0 Å². The molecular weight excluding hydrogens is 255 g/mol. The number of halogens is 2. The number of nitrogens with two attached hydrogens (primary N) is 1. The minimum Gasteiger partial charge on any atom is -0.480 e. The van der Waals surface area contributed by atoms with Gasteiger partial charge in [0.25, 0.3) is 0 Å². The number of aliphatic carboxylic acids is 1. The summed E-state index contributed by atoms with van der Waals surface area (Å²) in [6.45, 7) is -0.534. The van der Waals surface area contributed by atoms with E-state index in [2.05, 4.69) is 0 Å². The van der Waals surface area contributed by atoms with Crippen molar-refractivity contribution in [1.82, 2.24) is 0 Å². The van der Waals surface area contributed by atoms with E-state index >= 15 is 0 Å². The van der Waals surface area contributed by atoms with Crippen LogP contribution in [0.1, 0.15) is 0 Å². The Labute approximate surface area is 101 Å². The summed E-state index contributed by atoms with van der Waals surface area (Å²) in [4.78, 5) is 22.5. The third-order valence-electron chi connectivity index (χ3n) is 1.77. The molecule has 0 heterocycles. The molecule has 2 amide bonds. The van der Waals surface area contributed by atoms with Crippen LogP contribution in [-0.2, 0) is 4.79 Å². The summed E-state index contributed by atoms with van der Waals surface area (Å²) in [5, 5.41) is 9.14. The second kappa shape index (κ2) is 5.05. The molecule has 16 heavy (non-hydrogen) atoms. The molecule has 7 heteroatoms. The molecule has 0 unspecified atom stereocenters. The molecule has 0 saturated heterocycles. The Morgan fingerprint density at radius 2 is 1.94 bits per heavy atom. The number of carboxylic acids is 1. The molecule has 0 aliphatic carbocycles. The zero-order valence-corrected chi connectivity index (χ0v) is 9.50. The van der Waals surface area contributed by atoms with Gasteiger partial charge < -0.3 is 10.8 Å². The van der Waals surface area contributed by atoms with Gasteiger partial charge in [-0.25, -0.2) is 4.79 Å². The van der Waals surface area contributed by atoms with Crippen molar-refractivity contribution in [3.05, 3.63) is 28.2 Å². The third-order valence-corrected chi connectivity index (χ3v) is 2.51. The van der Waals surface area contributed by atoms with Crippen molar-refractivity contribution in [2.75, 3.05) is 11.4 Å². The Bertz CT molecular complexity index is 437. The van der Waals surface area contributed by atoms with Crippen molar-refractivity contribution < 1.29 is 14.7 Å². The standard InChI is InChI=1S/C9H8Cl2N2O3/c10-6-2-1-5(3-7(6)11)13(9(12)16)4-8(14)15/h1-3H,4H2,(H2,12,16)(H,14,15). The molecule has 3 N–H and O–H groups in total. The van der Waals surface area contributed by atoms with Gasteiger partial charge >= 0.3 is 12.0 Å². The molecule has 0 radical (unpaired) electrons. The van der Waals surface area contributed by atoms with E-state index in [1.54, 1.807) is 0 Å². The highest BCUT2D eigenvalue weighted by Gasteiger charge is 2.16. The smallest absolute Gasteiger partial charge is 0.323 e. The van der Waals surface area contributed by atoms with Gasteiger partial charge in [-0.15, -0.1) is 0 Å². The number of anilines is 1. The molecule has 1 aromatic carbocycles. The van der Waals surface area contributed by atoms with Gasteiger partial charge in [0.1, 0.15) is 6.54 Å². The van der Waals surface area contributed by atoms with Crippen LogP contribution in [0.25, 0.3) is 0 Å².